The number of amides is 3. The third-order valence-electron chi connectivity index (χ3n) is 6.88. The molecule has 2 aromatic rings. The summed E-state index contributed by atoms with van der Waals surface area (Å²) in [5.74, 6) is 0.621. The van der Waals surface area contributed by atoms with E-state index in [9.17, 15) is 19.6 Å². The highest BCUT2D eigenvalue weighted by molar-refractivity contribution is 8.00. The number of hydrogen-bond acceptors (Lipinski definition) is 9. The molecule has 5 heterocycles. The van der Waals surface area contributed by atoms with Gasteiger partial charge in [-0.25, -0.2) is 14.8 Å². The molecule has 0 radical (unpaired) electrons. The van der Waals surface area contributed by atoms with E-state index in [-0.39, 0.29) is 36.1 Å². The van der Waals surface area contributed by atoms with Gasteiger partial charge in [-0.05, 0) is 43.9 Å². The average molecular weight is 537 g/mol. The van der Waals surface area contributed by atoms with Gasteiger partial charge in [-0.2, -0.15) is 5.26 Å². The van der Waals surface area contributed by atoms with Crippen molar-refractivity contribution in [2.24, 2.45) is 0 Å². The van der Waals surface area contributed by atoms with E-state index in [0.29, 0.717) is 61.8 Å². The number of anilines is 2. The fourth-order valence-electron chi connectivity index (χ4n) is 4.80. The predicted octanol–water partition coefficient (Wildman–Crippen LogP) is 2.77. The number of fused-ring (bicyclic) bond motifs is 1. The SMILES string of the molecule is C[C@@H]1OCC[C@H]1Sc1cc(NC(=O)N2CCCc3cc(CN4CCOCC4=O)c(C=O)nc32)ncc1C#N. The van der Waals surface area contributed by atoms with Crippen LogP contribution in [0.1, 0.15) is 46.9 Å². The topological polar surface area (TPSA) is 138 Å². The molecule has 5 rings (SSSR count). The molecular formula is C26H28N6O5S. The molecule has 3 aliphatic rings. The summed E-state index contributed by atoms with van der Waals surface area (Å²) in [6.07, 6.45) is 4.51. The number of hydrogen-bond donors (Lipinski definition) is 1. The molecule has 11 nitrogen and oxygen atoms in total. The Morgan fingerprint density at radius 3 is 2.95 bits per heavy atom. The summed E-state index contributed by atoms with van der Waals surface area (Å²) in [4.78, 5) is 50.1. The minimum absolute atomic E-state index is 0.0276. The molecule has 0 saturated carbocycles. The van der Waals surface area contributed by atoms with E-state index in [1.54, 1.807) is 22.7 Å². The van der Waals surface area contributed by atoms with Gasteiger partial charge in [-0.15, -0.1) is 11.8 Å². The van der Waals surface area contributed by atoms with Gasteiger partial charge in [0.15, 0.2) is 6.29 Å². The molecule has 1 N–H and O–H groups in total. The normalized spacial score (nSPS) is 21.1. The lowest BCUT2D eigenvalue weighted by molar-refractivity contribution is -0.143. The van der Waals surface area contributed by atoms with E-state index in [1.807, 2.05) is 13.0 Å². The Balaban J connectivity index is 1.35. The Morgan fingerprint density at radius 2 is 2.21 bits per heavy atom. The first-order valence-electron chi connectivity index (χ1n) is 12.6. The molecule has 0 spiro atoms. The zero-order valence-corrected chi connectivity index (χ0v) is 21.8. The van der Waals surface area contributed by atoms with Crippen LogP contribution >= 0.6 is 11.8 Å². The summed E-state index contributed by atoms with van der Waals surface area (Å²) in [6, 6.07) is 5.33. The molecule has 2 atom stereocenters. The number of ether oxygens (including phenoxy) is 2. The summed E-state index contributed by atoms with van der Waals surface area (Å²) < 4.78 is 10.8. The van der Waals surface area contributed by atoms with Crippen LogP contribution in [0.5, 0.6) is 0 Å². The number of rotatable bonds is 6. The maximum Gasteiger partial charge on any atom is 0.328 e. The Bertz CT molecular complexity index is 1300. The van der Waals surface area contributed by atoms with Gasteiger partial charge in [-0.1, -0.05) is 0 Å². The number of urea groups is 1. The summed E-state index contributed by atoms with van der Waals surface area (Å²) in [5.41, 5.74) is 2.13. The molecule has 2 fully saturated rings. The zero-order chi connectivity index (χ0) is 26.6. The fraction of sp³-hybridized carbons (Fsp3) is 0.462. The standard InChI is InChI=1S/C26H28N6O5S/c1-16-21(4-7-37-16)38-22-10-23(28-12-19(22)11-27)30-26(35)32-5-2-3-17-9-18(20(14-33)29-25(17)32)13-31-6-8-36-15-24(31)34/h9-10,12,14,16,21H,2-8,13,15H2,1H3,(H,28,30,35)/t16-,21+/m0/s1. The molecule has 12 heteroatoms. The number of morpholine rings is 1. The minimum Gasteiger partial charge on any atom is -0.377 e. The molecule has 2 aromatic heterocycles. The smallest absolute Gasteiger partial charge is 0.328 e. The number of aldehydes is 1. The lowest BCUT2D eigenvalue weighted by Crippen LogP contribution is -2.42. The van der Waals surface area contributed by atoms with Gasteiger partial charge in [0, 0.05) is 48.1 Å². The van der Waals surface area contributed by atoms with Gasteiger partial charge < -0.3 is 14.4 Å². The summed E-state index contributed by atoms with van der Waals surface area (Å²) in [5, 5.41) is 12.6. The van der Waals surface area contributed by atoms with Crippen molar-refractivity contribution in [2.45, 2.75) is 49.0 Å². The van der Waals surface area contributed by atoms with Crippen LogP contribution in [0, 0.1) is 11.3 Å². The van der Waals surface area contributed by atoms with Gasteiger partial charge >= 0.3 is 6.03 Å². The zero-order valence-electron chi connectivity index (χ0n) is 21.0. The van der Waals surface area contributed by atoms with Crippen LogP contribution in [-0.2, 0) is 27.2 Å². The number of nitrogens with one attached hydrogen (secondary N) is 1. The Morgan fingerprint density at radius 1 is 1.34 bits per heavy atom. The fourth-order valence-corrected chi connectivity index (χ4v) is 6.02. The number of carbonyl (C=O) groups is 3. The molecular weight excluding hydrogens is 508 g/mol. The number of pyridine rings is 2. The average Bonchev–Trinajstić information content (AvgIpc) is 3.33. The van der Waals surface area contributed by atoms with Crippen molar-refractivity contribution in [3.8, 4) is 6.07 Å². The number of aromatic nitrogens is 2. The van der Waals surface area contributed by atoms with E-state index in [4.69, 9.17) is 9.47 Å². The lowest BCUT2D eigenvalue weighted by atomic mass is 10.0. The highest BCUT2D eigenvalue weighted by atomic mass is 32.2. The first-order valence-corrected chi connectivity index (χ1v) is 13.4. The number of carbonyl (C=O) groups excluding carboxylic acids is 3. The number of aryl methyl sites for hydroxylation is 1. The Labute approximate surface area is 224 Å². The lowest BCUT2D eigenvalue weighted by Gasteiger charge is -2.30. The van der Waals surface area contributed by atoms with Gasteiger partial charge in [0.05, 0.1) is 18.3 Å². The number of nitrogens with zero attached hydrogens (tertiary/aromatic N) is 5. The van der Waals surface area contributed by atoms with E-state index in [2.05, 4.69) is 21.4 Å². The third kappa shape index (κ3) is 5.50. The van der Waals surface area contributed by atoms with Gasteiger partial charge in [-0.3, -0.25) is 19.8 Å². The largest absolute Gasteiger partial charge is 0.377 e. The van der Waals surface area contributed by atoms with Crippen LogP contribution in [0.3, 0.4) is 0 Å². The monoisotopic (exact) mass is 536 g/mol. The first-order chi connectivity index (χ1) is 18.5. The first kappa shape index (κ1) is 26.1. The molecule has 3 aliphatic heterocycles. The second-order valence-corrected chi connectivity index (χ2v) is 10.7. The van der Waals surface area contributed by atoms with Crippen molar-refractivity contribution in [1.29, 1.82) is 5.26 Å². The second-order valence-electron chi connectivity index (χ2n) is 9.38. The third-order valence-corrected chi connectivity index (χ3v) is 8.40. The van der Waals surface area contributed by atoms with E-state index < -0.39 is 6.03 Å². The number of thioether (sulfide) groups is 1. The molecule has 0 unspecified atom stereocenters. The molecule has 0 aliphatic carbocycles. The molecule has 198 valence electrons. The summed E-state index contributed by atoms with van der Waals surface area (Å²) >= 11 is 1.56. The van der Waals surface area contributed by atoms with E-state index >= 15 is 0 Å². The van der Waals surface area contributed by atoms with Crippen LogP contribution in [0.25, 0.3) is 0 Å². The Kier molecular flexibility index (Phi) is 7.87. The van der Waals surface area contributed by atoms with Crippen molar-refractivity contribution in [3.63, 3.8) is 0 Å². The Hall–Kier alpha value is -3.53. The van der Waals surface area contributed by atoms with Gasteiger partial charge in [0.25, 0.3) is 0 Å². The quantitative estimate of drug-likeness (QED) is 0.552. The van der Waals surface area contributed by atoms with Crippen LogP contribution in [0.2, 0.25) is 0 Å². The van der Waals surface area contributed by atoms with Crippen LogP contribution in [0.4, 0.5) is 16.4 Å². The van der Waals surface area contributed by atoms with Crippen molar-refractivity contribution in [3.05, 3.63) is 40.7 Å². The molecule has 0 aromatic carbocycles. The maximum absolute atomic E-state index is 13.3. The van der Waals surface area contributed by atoms with Crippen LogP contribution in [-0.4, -0.2) is 77.4 Å². The van der Waals surface area contributed by atoms with Crippen LogP contribution < -0.4 is 10.2 Å². The minimum atomic E-state index is -0.419. The molecule has 2 saturated heterocycles. The highest BCUT2D eigenvalue weighted by Crippen LogP contribution is 2.35. The summed E-state index contributed by atoms with van der Waals surface area (Å²) in [7, 11) is 0. The van der Waals surface area contributed by atoms with Gasteiger partial charge in [0.2, 0.25) is 5.91 Å². The van der Waals surface area contributed by atoms with E-state index in [0.717, 1.165) is 23.3 Å². The van der Waals surface area contributed by atoms with Gasteiger partial charge in [0.1, 0.15) is 30.0 Å². The second kappa shape index (κ2) is 11.5. The van der Waals surface area contributed by atoms with Crippen molar-refractivity contribution < 1.29 is 23.9 Å². The van der Waals surface area contributed by atoms with Crippen molar-refractivity contribution in [1.82, 2.24) is 14.9 Å². The predicted molar refractivity (Wildman–Crippen MR) is 139 cm³/mol. The number of nitriles is 1. The maximum atomic E-state index is 13.3. The van der Waals surface area contributed by atoms with Crippen LogP contribution in [0.15, 0.2) is 23.2 Å². The van der Waals surface area contributed by atoms with Crippen molar-refractivity contribution >= 4 is 41.6 Å². The molecule has 38 heavy (non-hydrogen) atoms. The highest BCUT2D eigenvalue weighted by Gasteiger charge is 2.29. The van der Waals surface area contributed by atoms with Crippen molar-refractivity contribution in [2.75, 3.05) is 43.1 Å². The molecule has 0 bridgehead atoms. The molecule has 3 amide bonds. The van der Waals surface area contributed by atoms with E-state index in [1.165, 1.54) is 11.1 Å². The summed E-state index contributed by atoms with van der Waals surface area (Å²) in [6.45, 7) is 4.32.